The van der Waals surface area contributed by atoms with Crippen LogP contribution in [0.15, 0.2) is 48.7 Å². The highest BCUT2D eigenvalue weighted by molar-refractivity contribution is 5.94. The molecule has 1 aliphatic heterocycles. The minimum atomic E-state index is -0.223. The Morgan fingerprint density at radius 2 is 2.08 bits per heavy atom. The van der Waals surface area contributed by atoms with E-state index in [-0.39, 0.29) is 23.4 Å². The number of hydrogen-bond donors (Lipinski definition) is 1. The van der Waals surface area contributed by atoms with Gasteiger partial charge in [-0.05, 0) is 37.1 Å². The second-order valence-electron chi connectivity index (χ2n) is 6.30. The Bertz CT molecular complexity index is 690. The molecular formula is C19H23N3O2. The summed E-state index contributed by atoms with van der Waals surface area (Å²) in [7, 11) is 1.80. The Labute approximate surface area is 142 Å². The number of carbonyl (C=O) groups is 1. The Balaban J connectivity index is 1.65. The molecule has 2 aromatic rings. The van der Waals surface area contributed by atoms with Gasteiger partial charge in [-0.1, -0.05) is 30.3 Å². The maximum atomic E-state index is 12.6. The molecule has 0 aliphatic carbocycles. The molecule has 3 rings (SSSR count). The van der Waals surface area contributed by atoms with Crippen molar-refractivity contribution in [2.45, 2.75) is 25.4 Å². The van der Waals surface area contributed by atoms with Crippen LogP contribution < -0.4 is 0 Å². The predicted molar refractivity (Wildman–Crippen MR) is 92.7 cm³/mol. The summed E-state index contributed by atoms with van der Waals surface area (Å²) in [5.41, 5.74) is 1.41. The maximum absolute atomic E-state index is 12.6. The minimum Gasteiger partial charge on any atom is -0.505 e. The minimum absolute atomic E-state index is 0.0636. The SMILES string of the molecule is CN(C(=O)c1ncccc1O)[C@@H]1CCCN(Cc2ccccc2)C1. The molecule has 0 radical (unpaired) electrons. The Morgan fingerprint density at radius 1 is 1.29 bits per heavy atom. The number of likely N-dealkylation sites (tertiary alicyclic amines) is 1. The van der Waals surface area contributed by atoms with E-state index in [1.54, 1.807) is 18.0 Å². The summed E-state index contributed by atoms with van der Waals surface area (Å²) >= 11 is 0. The van der Waals surface area contributed by atoms with Gasteiger partial charge in [-0.2, -0.15) is 0 Å². The van der Waals surface area contributed by atoms with Gasteiger partial charge in [0.05, 0.1) is 0 Å². The number of aromatic nitrogens is 1. The van der Waals surface area contributed by atoms with E-state index in [4.69, 9.17) is 0 Å². The lowest BCUT2D eigenvalue weighted by molar-refractivity contribution is 0.0600. The van der Waals surface area contributed by atoms with Gasteiger partial charge in [0, 0.05) is 32.4 Å². The molecule has 1 fully saturated rings. The number of aromatic hydroxyl groups is 1. The summed E-state index contributed by atoms with van der Waals surface area (Å²) in [6.45, 7) is 2.78. The van der Waals surface area contributed by atoms with Gasteiger partial charge in [0.2, 0.25) is 0 Å². The van der Waals surface area contributed by atoms with Gasteiger partial charge < -0.3 is 10.0 Å². The summed E-state index contributed by atoms with van der Waals surface area (Å²) in [6, 6.07) is 13.6. The van der Waals surface area contributed by atoms with Crippen molar-refractivity contribution in [2.75, 3.05) is 20.1 Å². The van der Waals surface area contributed by atoms with Gasteiger partial charge in [0.25, 0.3) is 5.91 Å². The zero-order valence-corrected chi connectivity index (χ0v) is 13.9. The summed E-state index contributed by atoms with van der Waals surface area (Å²) in [4.78, 5) is 20.7. The van der Waals surface area contributed by atoms with Crippen LogP contribution in [0.4, 0.5) is 0 Å². The highest BCUT2D eigenvalue weighted by Gasteiger charge is 2.28. The third kappa shape index (κ3) is 3.74. The highest BCUT2D eigenvalue weighted by Crippen LogP contribution is 2.21. The quantitative estimate of drug-likeness (QED) is 0.938. The van der Waals surface area contributed by atoms with Gasteiger partial charge in [-0.15, -0.1) is 0 Å². The molecule has 5 heteroatoms. The molecule has 2 heterocycles. The fourth-order valence-corrected chi connectivity index (χ4v) is 3.23. The van der Waals surface area contributed by atoms with Crippen molar-refractivity contribution in [3.63, 3.8) is 0 Å². The average molecular weight is 325 g/mol. The first kappa shape index (κ1) is 16.5. The molecule has 0 bridgehead atoms. The van der Waals surface area contributed by atoms with E-state index in [0.717, 1.165) is 32.5 Å². The lowest BCUT2D eigenvalue weighted by atomic mass is 10.0. The van der Waals surface area contributed by atoms with Crippen molar-refractivity contribution < 1.29 is 9.90 Å². The number of pyridine rings is 1. The van der Waals surface area contributed by atoms with Gasteiger partial charge in [-0.3, -0.25) is 9.69 Å². The van der Waals surface area contributed by atoms with Crippen LogP contribution in [0.3, 0.4) is 0 Å². The first-order valence-electron chi connectivity index (χ1n) is 8.32. The zero-order valence-electron chi connectivity index (χ0n) is 13.9. The van der Waals surface area contributed by atoms with Crippen molar-refractivity contribution in [1.29, 1.82) is 0 Å². The molecule has 0 spiro atoms. The monoisotopic (exact) mass is 325 g/mol. The molecule has 24 heavy (non-hydrogen) atoms. The molecule has 1 saturated heterocycles. The van der Waals surface area contributed by atoms with Crippen molar-refractivity contribution in [2.24, 2.45) is 0 Å². The summed E-state index contributed by atoms with van der Waals surface area (Å²) < 4.78 is 0. The molecule has 5 nitrogen and oxygen atoms in total. The molecule has 1 aromatic heterocycles. The van der Waals surface area contributed by atoms with E-state index in [9.17, 15) is 9.90 Å². The largest absolute Gasteiger partial charge is 0.505 e. The van der Waals surface area contributed by atoms with Crippen LogP contribution in [0.2, 0.25) is 0 Å². The number of hydrogen-bond acceptors (Lipinski definition) is 4. The molecule has 1 aromatic carbocycles. The maximum Gasteiger partial charge on any atom is 0.276 e. The fraction of sp³-hybridized carbons (Fsp3) is 0.368. The third-order valence-corrected chi connectivity index (χ3v) is 4.59. The average Bonchev–Trinajstić information content (AvgIpc) is 2.62. The topological polar surface area (TPSA) is 56.7 Å². The molecule has 1 atom stereocenters. The second kappa shape index (κ2) is 7.45. The van der Waals surface area contributed by atoms with E-state index in [0.29, 0.717) is 0 Å². The van der Waals surface area contributed by atoms with Gasteiger partial charge in [0.1, 0.15) is 5.75 Å². The first-order valence-corrected chi connectivity index (χ1v) is 8.32. The number of piperidine rings is 1. The van der Waals surface area contributed by atoms with E-state index in [1.165, 1.54) is 17.8 Å². The number of benzene rings is 1. The smallest absolute Gasteiger partial charge is 0.276 e. The van der Waals surface area contributed by atoms with Crippen molar-refractivity contribution >= 4 is 5.91 Å². The lowest BCUT2D eigenvalue weighted by Crippen LogP contribution is -2.48. The van der Waals surface area contributed by atoms with E-state index in [2.05, 4.69) is 34.1 Å². The van der Waals surface area contributed by atoms with Gasteiger partial charge in [-0.25, -0.2) is 4.98 Å². The van der Waals surface area contributed by atoms with Crippen LogP contribution in [0.25, 0.3) is 0 Å². The summed E-state index contributed by atoms with van der Waals surface area (Å²) in [5, 5.41) is 9.85. The second-order valence-corrected chi connectivity index (χ2v) is 6.30. The van der Waals surface area contributed by atoms with E-state index in [1.807, 2.05) is 6.07 Å². The number of nitrogens with zero attached hydrogens (tertiary/aromatic N) is 3. The van der Waals surface area contributed by atoms with Crippen LogP contribution >= 0.6 is 0 Å². The van der Waals surface area contributed by atoms with Crippen LogP contribution in [0, 0.1) is 0 Å². The number of amides is 1. The van der Waals surface area contributed by atoms with Crippen LogP contribution in [0.5, 0.6) is 5.75 Å². The van der Waals surface area contributed by atoms with E-state index >= 15 is 0 Å². The lowest BCUT2D eigenvalue weighted by Gasteiger charge is -2.37. The molecule has 0 unspecified atom stereocenters. The van der Waals surface area contributed by atoms with Crippen molar-refractivity contribution in [1.82, 2.24) is 14.8 Å². The van der Waals surface area contributed by atoms with Crippen LogP contribution in [0.1, 0.15) is 28.9 Å². The Morgan fingerprint density at radius 3 is 2.83 bits per heavy atom. The first-order chi connectivity index (χ1) is 11.6. The number of likely N-dealkylation sites (N-methyl/N-ethyl adjacent to an activating group) is 1. The molecule has 1 amide bonds. The van der Waals surface area contributed by atoms with Gasteiger partial charge >= 0.3 is 0 Å². The van der Waals surface area contributed by atoms with Crippen LogP contribution in [-0.2, 0) is 6.54 Å². The summed E-state index contributed by atoms with van der Waals surface area (Å²) in [5.74, 6) is -0.286. The summed E-state index contributed by atoms with van der Waals surface area (Å²) in [6.07, 6.45) is 3.56. The fourth-order valence-electron chi connectivity index (χ4n) is 3.23. The normalized spacial score (nSPS) is 18.3. The van der Waals surface area contributed by atoms with Gasteiger partial charge in [0.15, 0.2) is 5.69 Å². The molecule has 1 aliphatic rings. The molecule has 126 valence electrons. The molecule has 0 saturated carbocycles. The number of carbonyl (C=O) groups excluding carboxylic acids is 1. The van der Waals surface area contributed by atoms with Crippen LogP contribution in [-0.4, -0.2) is 52.0 Å². The van der Waals surface area contributed by atoms with Crippen molar-refractivity contribution in [3.8, 4) is 5.75 Å². The number of rotatable bonds is 4. The highest BCUT2D eigenvalue weighted by atomic mass is 16.3. The molecular weight excluding hydrogens is 302 g/mol. The zero-order chi connectivity index (χ0) is 16.9. The van der Waals surface area contributed by atoms with Crippen molar-refractivity contribution in [3.05, 3.63) is 59.9 Å². The standard InChI is InChI=1S/C19H23N3O2/c1-21(19(24)18-17(23)10-5-11-20-18)16-9-6-12-22(14-16)13-15-7-3-2-4-8-15/h2-5,7-8,10-11,16,23H,6,9,12-14H2,1H3/t16-/m1/s1. The Hall–Kier alpha value is -2.40. The Kier molecular flexibility index (Phi) is 5.11. The van der Waals surface area contributed by atoms with E-state index < -0.39 is 0 Å². The predicted octanol–water partition coefficient (Wildman–Crippen LogP) is 2.52. The molecule has 1 N–H and O–H groups in total. The third-order valence-electron chi connectivity index (χ3n) is 4.59.